The summed E-state index contributed by atoms with van der Waals surface area (Å²) in [5.74, 6) is -0.194. The summed E-state index contributed by atoms with van der Waals surface area (Å²) in [7, 11) is 0. The van der Waals surface area contributed by atoms with Gasteiger partial charge in [0.05, 0.1) is 5.92 Å². The van der Waals surface area contributed by atoms with Crippen molar-refractivity contribution in [3.63, 3.8) is 0 Å². The van der Waals surface area contributed by atoms with E-state index in [-0.39, 0.29) is 23.5 Å². The molecule has 1 atom stereocenters. The Bertz CT molecular complexity index is 203. The molecule has 1 heterocycles. The normalized spacial score (nSPS) is 21.5. The van der Waals surface area contributed by atoms with E-state index in [0.717, 1.165) is 19.4 Å². The average Bonchev–Trinajstić information content (AvgIpc) is 2.70. The van der Waals surface area contributed by atoms with E-state index in [2.05, 4.69) is 5.32 Å². The third kappa shape index (κ3) is 2.41. The van der Waals surface area contributed by atoms with Crippen LogP contribution in [0.2, 0.25) is 0 Å². The molecule has 0 bridgehead atoms. The maximum absolute atomic E-state index is 11.6. The lowest BCUT2D eigenvalue weighted by Crippen LogP contribution is -2.40. The predicted molar refractivity (Wildman–Crippen MR) is 55.1 cm³/mol. The molecular formula is C11H19NO2. The van der Waals surface area contributed by atoms with E-state index in [1.807, 2.05) is 13.8 Å². The van der Waals surface area contributed by atoms with Gasteiger partial charge in [-0.05, 0) is 19.4 Å². The van der Waals surface area contributed by atoms with Crippen molar-refractivity contribution >= 4 is 11.6 Å². The van der Waals surface area contributed by atoms with Gasteiger partial charge in [-0.15, -0.1) is 0 Å². The highest BCUT2D eigenvalue weighted by atomic mass is 16.1. The van der Waals surface area contributed by atoms with Gasteiger partial charge in [-0.25, -0.2) is 0 Å². The van der Waals surface area contributed by atoms with E-state index in [1.54, 1.807) is 0 Å². The number of rotatable bonds is 5. The van der Waals surface area contributed by atoms with Crippen LogP contribution in [0.3, 0.4) is 0 Å². The fraction of sp³-hybridized carbons (Fsp3) is 0.818. The zero-order valence-electron chi connectivity index (χ0n) is 9.01. The molecular weight excluding hydrogens is 178 g/mol. The minimum absolute atomic E-state index is 0.0938. The van der Waals surface area contributed by atoms with Gasteiger partial charge < -0.3 is 5.32 Å². The van der Waals surface area contributed by atoms with Crippen molar-refractivity contribution in [1.29, 1.82) is 0 Å². The fourth-order valence-corrected chi connectivity index (χ4v) is 2.06. The molecule has 0 saturated carbocycles. The number of Topliss-reactive ketones (excluding diaryl/α,β-unsaturated/α-hetero) is 2. The van der Waals surface area contributed by atoms with Crippen molar-refractivity contribution < 1.29 is 9.59 Å². The van der Waals surface area contributed by atoms with Gasteiger partial charge in [0.15, 0.2) is 0 Å². The second-order valence-corrected chi connectivity index (χ2v) is 3.82. The number of hydrogen-bond acceptors (Lipinski definition) is 3. The van der Waals surface area contributed by atoms with Gasteiger partial charge >= 0.3 is 0 Å². The van der Waals surface area contributed by atoms with Crippen LogP contribution in [0.25, 0.3) is 0 Å². The van der Waals surface area contributed by atoms with Crippen LogP contribution in [-0.2, 0) is 9.59 Å². The van der Waals surface area contributed by atoms with E-state index in [0.29, 0.717) is 12.8 Å². The molecule has 0 aliphatic carbocycles. The fourth-order valence-electron chi connectivity index (χ4n) is 2.06. The lowest BCUT2D eigenvalue weighted by atomic mass is 9.87. The average molecular weight is 197 g/mol. The Balaban J connectivity index is 2.69. The van der Waals surface area contributed by atoms with Crippen molar-refractivity contribution in [2.45, 2.75) is 45.6 Å². The van der Waals surface area contributed by atoms with Crippen molar-refractivity contribution in [3.8, 4) is 0 Å². The minimum atomic E-state index is -0.382. The molecule has 80 valence electrons. The van der Waals surface area contributed by atoms with Gasteiger partial charge in [0, 0.05) is 18.9 Å². The van der Waals surface area contributed by atoms with Crippen molar-refractivity contribution in [1.82, 2.24) is 5.32 Å². The molecule has 0 amide bonds. The Morgan fingerprint density at radius 3 is 2.21 bits per heavy atom. The quantitative estimate of drug-likeness (QED) is 0.676. The molecule has 14 heavy (non-hydrogen) atoms. The Hall–Kier alpha value is -0.700. The summed E-state index contributed by atoms with van der Waals surface area (Å²) in [6, 6.07) is 0.106. The van der Waals surface area contributed by atoms with Crippen LogP contribution < -0.4 is 5.32 Å². The topological polar surface area (TPSA) is 46.2 Å². The Morgan fingerprint density at radius 2 is 1.86 bits per heavy atom. The molecule has 1 unspecified atom stereocenters. The van der Waals surface area contributed by atoms with E-state index in [9.17, 15) is 9.59 Å². The highest BCUT2D eigenvalue weighted by molar-refractivity contribution is 6.02. The molecule has 1 saturated heterocycles. The summed E-state index contributed by atoms with van der Waals surface area (Å²) in [5, 5.41) is 3.25. The molecule has 3 heteroatoms. The molecule has 1 aliphatic rings. The zero-order valence-corrected chi connectivity index (χ0v) is 9.01. The van der Waals surface area contributed by atoms with Gasteiger partial charge in [-0.1, -0.05) is 13.8 Å². The first kappa shape index (κ1) is 11.4. The van der Waals surface area contributed by atoms with Crippen LogP contribution in [0.5, 0.6) is 0 Å². The summed E-state index contributed by atoms with van der Waals surface area (Å²) in [6.07, 6.45) is 2.97. The van der Waals surface area contributed by atoms with Crippen LogP contribution in [0.1, 0.15) is 39.5 Å². The third-order valence-corrected chi connectivity index (χ3v) is 2.89. The first-order valence-electron chi connectivity index (χ1n) is 5.49. The molecule has 0 aromatic heterocycles. The maximum atomic E-state index is 11.6. The Morgan fingerprint density at radius 1 is 1.29 bits per heavy atom. The minimum Gasteiger partial charge on any atom is -0.313 e. The van der Waals surface area contributed by atoms with Crippen LogP contribution in [0.15, 0.2) is 0 Å². The second-order valence-electron chi connectivity index (χ2n) is 3.82. The van der Waals surface area contributed by atoms with E-state index in [4.69, 9.17) is 0 Å². The molecule has 0 aromatic rings. The number of hydrogen-bond donors (Lipinski definition) is 1. The van der Waals surface area contributed by atoms with Gasteiger partial charge in [0.2, 0.25) is 0 Å². The Kier molecular flexibility index (Phi) is 4.26. The molecule has 1 N–H and O–H groups in total. The first-order chi connectivity index (χ1) is 6.70. The van der Waals surface area contributed by atoms with Crippen molar-refractivity contribution in [2.75, 3.05) is 6.54 Å². The van der Waals surface area contributed by atoms with Crippen molar-refractivity contribution in [3.05, 3.63) is 0 Å². The summed E-state index contributed by atoms with van der Waals surface area (Å²) in [6.45, 7) is 4.59. The number of ketones is 2. The summed E-state index contributed by atoms with van der Waals surface area (Å²) < 4.78 is 0. The zero-order chi connectivity index (χ0) is 10.6. The van der Waals surface area contributed by atoms with Crippen LogP contribution in [0, 0.1) is 5.92 Å². The first-order valence-corrected chi connectivity index (χ1v) is 5.49. The predicted octanol–water partition coefficient (Wildman–Crippen LogP) is 1.31. The van der Waals surface area contributed by atoms with Crippen LogP contribution in [0.4, 0.5) is 0 Å². The van der Waals surface area contributed by atoms with Gasteiger partial charge in [0.25, 0.3) is 0 Å². The number of nitrogens with one attached hydrogen (secondary N) is 1. The largest absolute Gasteiger partial charge is 0.313 e. The molecule has 1 fully saturated rings. The standard InChI is InChI=1S/C11H19NO2/c1-3-9(13)11(10(14)4-2)8-6-5-7-12-8/h8,11-12H,3-7H2,1-2H3. The molecule has 0 spiro atoms. The van der Waals surface area contributed by atoms with Gasteiger partial charge in [-0.2, -0.15) is 0 Å². The smallest absolute Gasteiger partial charge is 0.144 e. The highest BCUT2D eigenvalue weighted by Crippen LogP contribution is 2.19. The molecule has 0 radical (unpaired) electrons. The molecule has 0 aromatic carbocycles. The highest BCUT2D eigenvalue weighted by Gasteiger charge is 2.33. The lowest BCUT2D eigenvalue weighted by Gasteiger charge is -2.20. The molecule has 1 rings (SSSR count). The van der Waals surface area contributed by atoms with Crippen LogP contribution in [-0.4, -0.2) is 24.2 Å². The number of carbonyl (C=O) groups is 2. The monoisotopic (exact) mass is 197 g/mol. The molecule has 1 aliphatic heterocycles. The molecule has 3 nitrogen and oxygen atoms in total. The summed E-state index contributed by atoms with van der Waals surface area (Å²) >= 11 is 0. The van der Waals surface area contributed by atoms with E-state index in [1.165, 1.54) is 0 Å². The number of carbonyl (C=O) groups excluding carboxylic acids is 2. The lowest BCUT2D eigenvalue weighted by molar-refractivity contribution is -0.133. The van der Waals surface area contributed by atoms with Gasteiger partial charge in [-0.3, -0.25) is 9.59 Å². The second kappa shape index (κ2) is 5.25. The summed E-state index contributed by atoms with van der Waals surface area (Å²) in [4.78, 5) is 23.3. The van der Waals surface area contributed by atoms with Crippen molar-refractivity contribution in [2.24, 2.45) is 5.92 Å². The van der Waals surface area contributed by atoms with E-state index < -0.39 is 0 Å². The summed E-state index contributed by atoms with van der Waals surface area (Å²) in [5.41, 5.74) is 0. The SMILES string of the molecule is CCC(=O)C(C(=O)CC)C1CCCN1. The maximum Gasteiger partial charge on any atom is 0.144 e. The third-order valence-electron chi connectivity index (χ3n) is 2.89. The van der Waals surface area contributed by atoms with Crippen LogP contribution >= 0.6 is 0 Å². The Labute approximate surface area is 85.3 Å². The van der Waals surface area contributed by atoms with E-state index >= 15 is 0 Å². The van der Waals surface area contributed by atoms with Gasteiger partial charge in [0.1, 0.15) is 11.6 Å².